The lowest BCUT2D eigenvalue weighted by atomic mass is 10.1. The number of amides is 1. The molecule has 1 heterocycles. The Morgan fingerprint density at radius 3 is 2.58 bits per heavy atom. The van der Waals surface area contributed by atoms with Gasteiger partial charge in [-0.05, 0) is 42.3 Å². The van der Waals surface area contributed by atoms with Crippen molar-refractivity contribution in [1.29, 1.82) is 5.26 Å². The molecule has 1 amide bonds. The Hall–Kier alpha value is -3.81. The van der Waals surface area contributed by atoms with Crippen LogP contribution in [0.4, 0.5) is 5.69 Å². The van der Waals surface area contributed by atoms with Gasteiger partial charge in [0, 0.05) is 39.9 Å². The van der Waals surface area contributed by atoms with Crippen molar-refractivity contribution in [3.05, 3.63) is 106 Å². The molecule has 0 saturated heterocycles. The minimum Gasteiger partial charge on any atom is -0.342 e. The highest BCUT2D eigenvalue weighted by Crippen LogP contribution is 2.25. The fraction of sp³-hybridized carbons (Fsp3) is 0.0769. The van der Waals surface area contributed by atoms with Crippen LogP contribution in [-0.4, -0.2) is 10.5 Å². The van der Waals surface area contributed by atoms with E-state index >= 15 is 0 Å². The third kappa shape index (κ3) is 4.53. The molecule has 1 N–H and O–H groups in total. The normalized spacial score (nSPS) is 11.3. The molecule has 4 rings (SSSR count). The molecular weight excluding hydrogens is 406 g/mol. The first-order chi connectivity index (χ1) is 15.0. The maximum Gasteiger partial charge on any atom is 0.266 e. The summed E-state index contributed by atoms with van der Waals surface area (Å²) in [6.07, 6.45) is 3.61. The molecule has 0 spiro atoms. The number of hydrogen-bond donors (Lipinski definition) is 1. The Kier molecular flexibility index (Phi) is 5.88. The lowest BCUT2D eigenvalue weighted by Crippen LogP contribution is -2.13. The zero-order chi connectivity index (χ0) is 21.8. The van der Waals surface area contributed by atoms with Gasteiger partial charge in [-0.1, -0.05) is 66.2 Å². The van der Waals surface area contributed by atoms with Crippen LogP contribution in [0.2, 0.25) is 5.02 Å². The summed E-state index contributed by atoms with van der Waals surface area (Å²) >= 11 is 6.14. The van der Waals surface area contributed by atoms with E-state index in [0.29, 0.717) is 17.3 Å². The largest absolute Gasteiger partial charge is 0.342 e. The third-order valence-electron chi connectivity index (χ3n) is 5.11. The standard InChI is InChI=1S/C26H20ClN3O/c1-18-11-12-22(14-24(18)27)29-26(31)20(15-28)13-21-17-30(16-19-7-3-2-4-8-19)25-10-6-5-9-23(21)25/h2-14,17H,16H2,1H3,(H,29,31)/b20-13+. The van der Waals surface area contributed by atoms with E-state index in [1.807, 2.05) is 67.7 Å². The van der Waals surface area contributed by atoms with E-state index in [2.05, 4.69) is 22.0 Å². The van der Waals surface area contributed by atoms with Crippen LogP contribution in [0.3, 0.4) is 0 Å². The number of para-hydroxylation sites is 1. The van der Waals surface area contributed by atoms with Crippen LogP contribution in [0.5, 0.6) is 0 Å². The average Bonchev–Trinajstić information content (AvgIpc) is 3.12. The van der Waals surface area contributed by atoms with Gasteiger partial charge in [0.2, 0.25) is 0 Å². The van der Waals surface area contributed by atoms with Gasteiger partial charge in [-0.15, -0.1) is 0 Å². The first-order valence-corrected chi connectivity index (χ1v) is 10.2. The zero-order valence-corrected chi connectivity index (χ0v) is 17.7. The summed E-state index contributed by atoms with van der Waals surface area (Å²) in [5, 5.41) is 13.9. The molecule has 0 atom stereocenters. The quantitative estimate of drug-likeness (QED) is 0.306. The van der Waals surface area contributed by atoms with E-state index in [1.165, 1.54) is 5.56 Å². The number of hydrogen-bond acceptors (Lipinski definition) is 2. The van der Waals surface area contributed by atoms with Gasteiger partial charge in [0.15, 0.2) is 0 Å². The van der Waals surface area contributed by atoms with Crippen LogP contribution in [-0.2, 0) is 11.3 Å². The summed E-state index contributed by atoms with van der Waals surface area (Å²) in [5.74, 6) is -0.470. The topological polar surface area (TPSA) is 57.8 Å². The van der Waals surface area contributed by atoms with Crippen LogP contribution in [0.1, 0.15) is 16.7 Å². The summed E-state index contributed by atoms with van der Waals surface area (Å²) in [4.78, 5) is 12.7. The Morgan fingerprint density at radius 1 is 1.10 bits per heavy atom. The second-order valence-corrected chi connectivity index (χ2v) is 7.71. The van der Waals surface area contributed by atoms with Crippen molar-refractivity contribution in [2.45, 2.75) is 13.5 Å². The molecule has 152 valence electrons. The first-order valence-electron chi connectivity index (χ1n) is 9.86. The minimum absolute atomic E-state index is 0.0271. The third-order valence-corrected chi connectivity index (χ3v) is 5.52. The SMILES string of the molecule is Cc1ccc(NC(=O)/C(C#N)=C/c2cn(Cc3ccccc3)c3ccccc23)cc1Cl. The number of nitrogens with one attached hydrogen (secondary N) is 1. The predicted octanol–water partition coefficient (Wildman–Crippen LogP) is 6.20. The number of aryl methyl sites for hydroxylation is 1. The van der Waals surface area contributed by atoms with E-state index in [1.54, 1.807) is 18.2 Å². The number of rotatable bonds is 5. The van der Waals surface area contributed by atoms with Crippen LogP contribution < -0.4 is 5.32 Å². The maximum absolute atomic E-state index is 12.7. The molecule has 0 fully saturated rings. The maximum atomic E-state index is 12.7. The van der Waals surface area contributed by atoms with Crippen molar-refractivity contribution < 1.29 is 4.79 Å². The summed E-state index contributed by atoms with van der Waals surface area (Å²) in [7, 11) is 0. The summed E-state index contributed by atoms with van der Waals surface area (Å²) in [6, 6.07) is 25.4. The fourth-order valence-corrected chi connectivity index (χ4v) is 3.65. The highest BCUT2D eigenvalue weighted by atomic mass is 35.5. The number of halogens is 1. The smallest absolute Gasteiger partial charge is 0.266 e. The van der Waals surface area contributed by atoms with Gasteiger partial charge in [-0.2, -0.15) is 5.26 Å². The van der Waals surface area contributed by atoms with Crippen molar-refractivity contribution >= 4 is 40.2 Å². The molecule has 0 aliphatic heterocycles. The molecule has 0 aliphatic rings. The molecule has 4 aromatic rings. The number of anilines is 1. The number of fused-ring (bicyclic) bond motifs is 1. The van der Waals surface area contributed by atoms with E-state index < -0.39 is 5.91 Å². The number of aromatic nitrogens is 1. The van der Waals surface area contributed by atoms with E-state index in [-0.39, 0.29) is 5.57 Å². The van der Waals surface area contributed by atoms with E-state index in [9.17, 15) is 10.1 Å². The molecule has 0 bridgehead atoms. The molecule has 1 aromatic heterocycles. The zero-order valence-electron chi connectivity index (χ0n) is 17.0. The van der Waals surface area contributed by atoms with Crippen molar-refractivity contribution in [1.82, 2.24) is 4.57 Å². The number of carbonyl (C=O) groups is 1. The van der Waals surface area contributed by atoms with Gasteiger partial charge < -0.3 is 9.88 Å². The summed E-state index contributed by atoms with van der Waals surface area (Å²) < 4.78 is 2.13. The van der Waals surface area contributed by atoms with Crippen LogP contribution >= 0.6 is 11.6 Å². The molecule has 0 radical (unpaired) electrons. The Bertz CT molecular complexity index is 1330. The van der Waals surface area contributed by atoms with Gasteiger partial charge in [-0.3, -0.25) is 4.79 Å². The van der Waals surface area contributed by atoms with E-state index in [4.69, 9.17) is 11.6 Å². The van der Waals surface area contributed by atoms with Crippen molar-refractivity contribution in [2.24, 2.45) is 0 Å². The molecule has 4 nitrogen and oxygen atoms in total. The number of carbonyl (C=O) groups excluding carboxylic acids is 1. The first kappa shape index (κ1) is 20.5. The molecule has 31 heavy (non-hydrogen) atoms. The second-order valence-electron chi connectivity index (χ2n) is 7.30. The predicted molar refractivity (Wildman–Crippen MR) is 126 cm³/mol. The van der Waals surface area contributed by atoms with Crippen molar-refractivity contribution in [3.8, 4) is 6.07 Å². The second kappa shape index (κ2) is 8.91. The van der Waals surface area contributed by atoms with E-state index in [0.717, 1.165) is 22.0 Å². The van der Waals surface area contributed by atoms with Crippen LogP contribution in [0.25, 0.3) is 17.0 Å². The van der Waals surface area contributed by atoms with Crippen LogP contribution in [0.15, 0.2) is 84.6 Å². The van der Waals surface area contributed by atoms with Gasteiger partial charge in [0.05, 0.1) is 0 Å². The molecule has 5 heteroatoms. The van der Waals surface area contributed by atoms with Gasteiger partial charge in [0.1, 0.15) is 11.6 Å². The van der Waals surface area contributed by atoms with Gasteiger partial charge >= 0.3 is 0 Å². The highest BCUT2D eigenvalue weighted by Gasteiger charge is 2.13. The van der Waals surface area contributed by atoms with Gasteiger partial charge in [-0.25, -0.2) is 0 Å². The minimum atomic E-state index is -0.470. The van der Waals surface area contributed by atoms with Gasteiger partial charge in [0.25, 0.3) is 5.91 Å². The molecular formula is C26H20ClN3O. The average molecular weight is 426 g/mol. The van der Waals surface area contributed by atoms with Crippen molar-refractivity contribution in [3.63, 3.8) is 0 Å². The molecule has 0 saturated carbocycles. The monoisotopic (exact) mass is 425 g/mol. The molecule has 0 aliphatic carbocycles. The summed E-state index contributed by atoms with van der Waals surface area (Å²) in [5.41, 5.74) is 4.53. The van der Waals surface area contributed by atoms with Crippen LogP contribution in [0, 0.1) is 18.3 Å². The highest BCUT2D eigenvalue weighted by molar-refractivity contribution is 6.31. The number of nitrogens with zero attached hydrogens (tertiary/aromatic N) is 2. The number of nitriles is 1. The Morgan fingerprint density at radius 2 is 1.84 bits per heavy atom. The Labute approximate surface area is 186 Å². The lowest BCUT2D eigenvalue weighted by Gasteiger charge is -2.06. The van der Waals surface area contributed by atoms with Crippen molar-refractivity contribution in [2.75, 3.05) is 5.32 Å². The molecule has 0 unspecified atom stereocenters. The summed E-state index contributed by atoms with van der Waals surface area (Å²) in [6.45, 7) is 2.59. The lowest BCUT2D eigenvalue weighted by molar-refractivity contribution is -0.112. The number of benzene rings is 3. The fourth-order valence-electron chi connectivity index (χ4n) is 3.47. The Balaban J connectivity index is 1.67. The molecule has 3 aromatic carbocycles.